The maximum atomic E-state index is 5.84. The van der Waals surface area contributed by atoms with Crippen LogP contribution in [0.15, 0.2) is 24.3 Å². The van der Waals surface area contributed by atoms with Crippen molar-refractivity contribution in [2.24, 2.45) is 5.92 Å². The summed E-state index contributed by atoms with van der Waals surface area (Å²) in [4.78, 5) is 0. The highest BCUT2D eigenvalue weighted by atomic mass is 16.5. The van der Waals surface area contributed by atoms with Gasteiger partial charge in [-0.25, -0.2) is 0 Å². The molecule has 0 saturated heterocycles. The Morgan fingerprint density at radius 1 is 1.15 bits per heavy atom. The van der Waals surface area contributed by atoms with Gasteiger partial charge in [-0.05, 0) is 49.4 Å². The topological polar surface area (TPSA) is 21.3 Å². The third-order valence-corrected chi connectivity index (χ3v) is 3.87. The lowest BCUT2D eigenvalue weighted by Crippen LogP contribution is -2.16. The summed E-state index contributed by atoms with van der Waals surface area (Å²) in [6.45, 7) is 5.23. The number of rotatable bonds is 11. The van der Waals surface area contributed by atoms with Gasteiger partial charge < -0.3 is 10.1 Å². The van der Waals surface area contributed by atoms with Crippen molar-refractivity contribution in [1.29, 1.82) is 0 Å². The molecule has 0 unspecified atom stereocenters. The summed E-state index contributed by atoms with van der Waals surface area (Å²) in [5.74, 6) is 1.96. The molecule has 2 heteroatoms. The molecule has 1 aliphatic carbocycles. The van der Waals surface area contributed by atoms with Crippen LogP contribution >= 0.6 is 0 Å². The van der Waals surface area contributed by atoms with E-state index < -0.39 is 0 Å². The van der Waals surface area contributed by atoms with Crippen molar-refractivity contribution in [3.05, 3.63) is 29.8 Å². The summed E-state index contributed by atoms with van der Waals surface area (Å²) in [6.07, 6.45) is 9.27. The van der Waals surface area contributed by atoms with Crippen LogP contribution in [0, 0.1) is 5.92 Å². The highest BCUT2D eigenvalue weighted by Crippen LogP contribution is 2.27. The number of benzene rings is 1. The molecule has 1 N–H and O–H groups in total. The van der Waals surface area contributed by atoms with Crippen LogP contribution in [0.2, 0.25) is 0 Å². The standard InChI is InChI=1S/C18H29NO/c1-2-3-4-5-6-12-20-18-9-7-8-17(13-18)15-19-14-16-10-11-16/h7-9,13,16,19H,2-6,10-12,14-15H2,1H3. The molecule has 2 nitrogen and oxygen atoms in total. The van der Waals surface area contributed by atoms with Gasteiger partial charge in [-0.3, -0.25) is 0 Å². The van der Waals surface area contributed by atoms with Crippen LogP contribution in [-0.2, 0) is 6.54 Å². The van der Waals surface area contributed by atoms with Gasteiger partial charge in [0, 0.05) is 6.54 Å². The van der Waals surface area contributed by atoms with Crippen LogP contribution < -0.4 is 10.1 Å². The first kappa shape index (κ1) is 15.4. The van der Waals surface area contributed by atoms with Crippen molar-refractivity contribution in [3.63, 3.8) is 0 Å². The maximum absolute atomic E-state index is 5.84. The average Bonchev–Trinajstić information content (AvgIpc) is 3.27. The van der Waals surface area contributed by atoms with E-state index in [4.69, 9.17) is 4.74 Å². The van der Waals surface area contributed by atoms with E-state index in [1.54, 1.807) is 0 Å². The Labute approximate surface area is 123 Å². The first-order valence-electron chi connectivity index (χ1n) is 8.31. The maximum Gasteiger partial charge on any atom is 0.119 e. The quantitative estimate of drug-likeness (QED) is 0.599. The molecule has 0 atom stereocenters. The van der Waals surface area contributed by atoms with Gasteiger partial charge in [-0.15, -0.1) is 0 Å². The van der Waals surface area contributed by atoms with Crippen molar-refractivity contribution < 1.29 is 4.74 Å². The highest BCUT2D eigenvalue weighted by Gasteiger charge is 2.19. The third kappa shape index (κ3) is 6.42. The van der Waals surface area contributed by atoms with Crippen LogP contribution in [-0.4, -0.2) is 13.2 Å². The summed E-state index contributed by atoms with van der Waals surface area (Å²) in [6, 6.07) is 8.51. The summed E-state index contributed by atoms with van der Waals surface area (Å²) >= 11 is 0. The van der Waals surface area contributed by atoms with Gasteiger partial charge in [0.05, 0.1) is 6.61 Å². The lowest BCUT2D eigenvalue weighted by atomic mass is 10.2. The molecule has 1 aromatic carbocycles. The minimum atomic E-state index is 0.850. The van der Waals surface area contributed by atoms with Crippen molar-refractivity contribution in [3.8, 4) is 5.75 Å². The molecular formula is C18H29NO. The Morgan fingerprint density at radius 3 is 2.80 bits per heavy atom. The highest BCUT2D eigenvalue weighted by molar-refractivity contribution is 5.28. The second-order valence-electron chi connectivity index (χ2n) is 5.98. The Hall–Kier alpha value is -1.02. The fourth-order valence-electron chi connectivity index (χ4n) is 2.38. The SMILES string of the molecule is CCCCCCCOc1cccc(CNCC2CC2)c1. The molecule has 0 aromatic heterocycles. The number of nitrogens with one attached hydrogen (secondary N) is 1. The first-order valence-corrected chi connectivity index (χ1v) is 8.31. The lowest BCUT2D eigenvalue weighted by molar-refractivity contribution is 0.304. The molecule has 0 radical (unpaired) electrons. The van der Waals surface area contributed by atoms with Gasteiger partial charge in [0.1, 0.15) is 5.75 Å². The van der Waals surface area contributed by atoms with Gasteiger partial charge in [-0.1, -0.05) is 44.7 Å². The molecule has 2 rings (SSSR count). The number of unbranched alkanes of at least 4 members (excludes halogenated alkanes) is 4. The van der Waals surface area contributed by atoms with E-state index in [-0.39, 0.29) is 0 Å². The number of ether oxygens (including phenoxy) is 1. The summed E-state index contributed by atoms with van der Waals surface area (Å²) in [7, 11) is 0. The van der Waals surface area contributed by atoms with Gasteiger partial charge in [0.25, 0.3) is 0 Å². The molecule has 0 spiro atoms. The van der Waals surface area contributed by atoms with E-state index in [0.717, 1.165) is 24.8 Å². The molecule has 1 fully saturated rings. The Balaban J connectivity index is 1.60. The zero-order chi connectivity index (χ0) is 14.0. The van der Waals surface area contributed by atoms with Crippen LogP contribution in [0.1, 0.15) is 57.4 Å². The van der Waals surface area contributed by atoms with Crippen LogP contribution in [0.5, 0.6) is 5.75 Å². The zero-order valence-corrected chi connectivity index (χ0v) is 12.9. The van der Waals surface area contributed by atoms with E-state index in [1.165, 1.54) is 57.1 Å². The van der Waals surface area contributed by atoms with E-state index in [0.29, 0.717) is 0 Å². The largest absolute Gasteiger partial charge is 0.494 e. The first-order chi connectivity index (χ1) is 9.88. The van der Waals surface area contributed by atoms with Crippen molar-refractivity contribution in [1.82, 2.24) is 5.32 Å². The lowest BCUT2D eigenvalue weighted by Gasteiger charge is -2.09. The molecular weight excluding hydrogens is 246 g/mol. The predicted molar refractivity (Wildman–Crippen MR) is 85.1 cm³/mol. The van der Waals surface area contributed by atoms with Gasteiger partial charge >= 0.3 is 0 Å². The average molecular weight is 275 g/mol. The van der Waals surface area contributed by atoms with E-state index >= 15 is 0 Å². The summed E-state index contributed by atoms with van der Waals surface area (Å²) in [5.41, 5.74) is 1.33. The van der Waals surface area contributed by atoms with Crippen molar-refractivity contribution in [2.45, 2.75) is 58.4 Å². The fraction of sp³-hybridized carbons (Fsp3) is 0.667. The second kappa shape index (κ2) is 9.02. The molecule has 0 aliphatic heterocycles. The second-order valence-corrected chi connectivity index (χ2v) is 5.98. The van der Waals surface area contributed by atoms with E-state index in [1.807, 2.05) is 0 Å². The summed E-state index contributed by atoms with van der Waals surface area (Å²) < 4.78 is 5.84. The molecule has 0 heterocycles. The minimum absolute atomic E-state index is 0.850. The molecule has 1 aliphatic rings. The molecule has 20 heavy (non-hydrogen) atoms. The number of hydrogen-bond donors (Lipinski definition) is 1. The van der Waals surface area contributed by atoms with Gasteiger partial charge in [-0.2, -0.15) is 0 Å². The monoisotopic (exact) mass is 275 g/mol. The molecule has 1 aromatic rings. The van der Waals surface area contributed by atoms with E-state index in [2.05, 4.69) is 36.5 Å². The van der Waals surface area contributed by atoms with Gasteiger partial charge in [0.15, 0.2) is 0 Å². The normalized spacial score (nSPS) is 14.4. The van der Waals surface area contributed by atoms with E-state index in [9.17, 15) is 0 Å². The van der Waals surface area contributed by atoms with Gasteiger partial charge in [0.2, 0.25) is 0 Å². The Bertz CT molecular complexity index is 373. The molecule has 0 amide bonds. The predicted octanol–water partition coefficient (Wildman–Crippen LogP) is 4.54. The minimum Gasteiger partial charge on any atom is -0.494 e. The molecule has 0 bridgehead atoms. The number of hydrogen-bond acceptors (Lipinski definition) is 2. The van der Waals surface area contributed by atoms with Crippen molar-refractivity contribution >= 4 is 0 Å². The fourth-order valence-corrected chi connectivity index (χ4v) is 2.38. The van der Waals surface area contributed by atoms with Crippen LogP contribution in [0.25, 0.3) is 0 Å². The third-order valence-electron chi connectivity index (χ3n) is 3.87. The van der Waals surface area contributed by atoms with Crippen LogP contribution in [0.4, 0.5) is 0 Å². The Morgan fingerprint density at radius 2 is 2.00 bits per heavy atom. The van der Waals surface area contributed by atoms with Crippen molar-refractivity contribution in [2.75, 3.05) is 13.2 Å². The summed E-state index contributed by atoms with van der Waals surface area (Å²) in [5, 5.41) is 3.53. The zero-order valence-electron chi connectivity index (χ0n) is 12.9. The Kier molecular flexibility index (Phi) is 6.93. The van der Waals surface area contributed by atoms with Crippen LogP contribution in [0.3, 0.4) is 0 Å². The molecule has 1 saturated carbocycles. The smallest absolute Gasteiger partial charge is 0.119 e. The molecule has 112 valence electrons.